The SMILES string of the molecule is O=CC1CCCCC1C(=O)Nc1cccc2ccc(C3=C(O)c4cc(C(=O)O)ccc4C3=O)nc12. The number of rotatable bonds is 5. The molecule has 5 rings (SSSR count). The molecule has 3 N–H and O–H groups in total. The molecule has 0 saturated heterocycles. The van der Waals surface area contributed by atoms with Crippen molar-refractivity contribution in [2.75, 3.05) is 5.32 Å². The minimum Gasteiger partial charge on any atom is -0.506 e. The topological polar surface area (TPSA) is 134 Å². The van der Waals surface area contributed by atoms with Crippen molar-refractivity contribution < 1.29 is 29.4 Å². The van der Waals surface area contributed by atoms with Crippen LogP contribution in [0.25, 0.3) is 22.2 Å². The summed E-state index contributed by atoms with van der Waals surface area (Å²) in [4.78, 5) is 53.4. The van der Waals surface area contributed by atoms with Crippen LogP contribution in [0.15, 0.2) is 48.5 Å². The van der Waals surface area contributed by atoms with Gasteiger partial charge in [0.05, 0.1) is 28.0 Å². The van der Waals surface area contributed by atoms with Crippen molar-refractivity contribution >= 4 is 51.9 Å². The highest BCUT2D eigenvalue weighted by Gasteiger charge is 2.33. The summed E-state index contributed by atoms with van der Waals surface area (Å²) in [6.07, 6.45) is 4.01. The molecule has 2 atom stereocenters. The van der Waals surface area contributed by atoms with Crippen molar-refractivity contribution in [3.63, 3.8) is 0 Å². The molecule has 0 radical (unpaired) electrons. The van der Waals surface area contributed by atoms with Gasteiger partial charge in [-0.15, -0.1) is 0 Å². The Hall–Kier alpha value is -4.33. The van der Waals surface area contributed by atoms with Gasteiger partial charge in [0.1, 0.15) is 12.0 Å². The Labute approximate surface area is 200 Å². The lowest BCUT2D eigenvalue weighted by Gasteiger charge is -2.26. The van der Waals surface area contributed by atoms with Crippen molar-refractivity contribution in [1.82, 2.24) is 4.98 Å². The van der Waals surface area contributed by atoms with Gasteiger partial charge in [0.2, 0.25) is 5.91 Å². The largest absolute Gasteiger partial charge is 0.506 e. The number of Topliss-reactive ketones (excluding diaryl/α,β-unsaturated/α-hetero) is 1. The lowest BCUT2D eigenvalue weighted by Crippen LogP contribution is -2.32. The number of pyridine rings is 1. The number of hydrogen-bond acceptors (Lipinski definition) is 6. The first-order valence-corrected chi connectivity index (χ1v) is 11.4. The van der Waals surface area contributed by atoms with E-state index in [0.29, 0.717) is 24.0 Å². The third kappa shape index (κ3) is 3.86. The molecule has 1 fully saturated rings. The number of aliphatic hydroxyl groups is 1. The van der Waals surface area contributed by atoms with Crippen LogP contribution in [-0.2, 0) is 9.59 Å². The Kier molecular flexibility index (Phi) is 5.64. The first kappa shape index (κ1) is 22.5. The van der Waals surface area contributed by atoms with Crippen LogP contribution >= 0.6 is 0 Å². The monoisotopic (exact) mass is 470 g/mol. The number of nitrogens with one attached hydrogen (secondary N) is 1. The average Bonchev–Trinajstić information content (AvgIpc) is 3.13. The molecular formula is C27H22N2O6. The molecule has 1 heterocycles. The molecule has 35 heavy (non-hydrogen) atoms. The highest BCUT2D eigenvalue weighted by molar-refractivity contribution is 6.38. The molecule has 2 aromatic carbocycles. The van der Waals surface area contributed by atoms with E-state index in [1.165, 1.54) is 18.2 Å². The molecule has 1 aromatic heterocycles. The molecule has 2 aliphatic carbocycles. The van der Waals surface area contributed by atoms with Gasteiger partial charge >= 0.3 is 5.97 Å². The van der Waals surface area contributed by atoms with E-state index in [4.69, 9.17) is 0 Å². The Balaban J connectivity index is 1.53. The molecule has 8 nitrogen and oxygen atoms in total. The predicted molar refractivity (Wildman–Crippen MR) is 129 cm³/mol. The summed E-state index contributed by atoms with van der Waals surface area (Å²) in [5.74, 6) is -2.92. The number of amides is 1. The number of aliphatic hydroxyl groups excluding tert-OH is 1. The summed E-state index contributed by atoms with van der Waals surface area (Å²) < 4.78 is 0. The second-order valence-electron chi connectivity index (χ2n) is 8.87. The van der Waals surface area contributed by atoms with Crippen molar-refractivity contribution in [2.24, 2.45) is 11.8 Å². The van der Waals surface area contributed by atoms with Crippen molar-refractivity contribution in [3.8, 4) is 0 Å². The molecule has 0 spiro atoms. The number of ketones is 1. The fraction of sp³-hybridized carbons (Fsp3) is 0.222. The zero-order valence-electron chi connectivity index (χ0n) is 18.7. The quantitative estimate of drug-likeness (QED) is 0.468. The lowest BCUT2D eigenvalue weighted by molar-refractivity contribution is -0.126. The average molecular weight is 470 g/mol. The molecule has 176 valence electrons. The number of carboxylic acid groups (broad SMARTS) is 1. The van der Waals surface area contributed by atoms with Crippen LogP contribution < -0.4 is 5.32 Å². The van der Waals surface area contributed by atoms with E-state index in [9.17, 15) is 29.4 Å². The molecule has 3 aromatic rings. The third-order valence-corrected chi connectivity index (χ3v) is 6.80. The fourth-order valence-corrected chi connectivity index (χ4v) is 4.95. The first-order valence-electron chi connectivity index (χ1n) is 11.4. The van der Waals surface area contributed by atoms with Gasteiger partial charge in [-0.3, -0.25) is 9.59 Å². The molecule has 2 aliphatic rings. The van der Waals surface area contributed by atoms with Crippen LogP contribution in [0.4, 0.5) is 5.69 Å². The van der Waals surface area contributed by atoms with E-state index in [0.717, 1.165) is 24.5 Å². The Bertz CT molecular complexity index is 1440. The minimum atomic E-state index is -1.17. The maximum absolute atomic E-state index is 13.1. The van der Waals surface area contributed by atoms with Crippen LogP contribution in [0, 0.1) is 11.8 Å². The number of nitrogens with zero attached hydrogens (tertiary/aromatic N) is 1. The Morgan fingerprint density at radius 2 is 1.83 bits per heavy atom. The number of aromatic nitrogens is 1. The first-order chi connectivity index (χ1) is 16.9. The molecule has 1 saturated carbocycles. The minimum absolute atomic E-state index is 0.0288. The third-order valence-electron chi connectivity index (χ3n) is 6.80. The van der Waals surface area contributed by atoms with E-state index in [-0.39, 0.29) is 45.5 Å². The molecule has 2 unspecified atom stereocenters. The number of fused-ring (bicyclic) bond motifs is 2. The second-order valence-corrected chi connectivity index (χ2v) is 8.87. The molecule has 0 aliphatic heterocycles. The summed E-state index contributed by atoms with van der Waals surface area (Å²) in [5, 5.41) is 23.7. The van der Waals surface area contributed by atoms with E-state index in [1.54, 1.807) is 24.3 Å². The van der Waals surface area contributed by atoms with Gasteiger partial charge in [-0.1, -0.05) is 31.0 Å². The van der Waals surface area contributed by atoms with E-state index >= 15 is 0 Å². The number of aromatic carboxylic acids is 1. The number of allylic oxidation sites excluding steroid dienone is 1. The van der Waals surface area contributed by atoms with Crippen LogP contribution in [-0.4, -0.2) is 39.1 Å². The van der Waals surface area contributed by atoms with Crippen LogP contribution in [0.2, 0.25) is 0 Å². The molecular weight excluding hydrogens is 448 g/mol. The standard InChI is InChI=1S/C27H22N2O6/c30-13-16-4-1-2-6-17(16)26(33)29-21-7-3-5-14-9-11-20(28-23(14)21)22-24(31)18-10-8-15(27(34)35)12-19(18)25(22)32/h3,5,7-13,16-17,32H,1-2,4,6H2,(H,29,33)(H,34,35). The maximum atomic E-state index is 13.1. The zero-order valence-corrected chi connectivity index (χ0v) is 18.7. The number of hydrogen-bond donors (Lipinski definition) is 3. The smallest absolute Gasteiger partial charge is 0.335 e. The Morgan fingerprint density at radius 1 is 1.03 bits per heavy atom. The van der Waals surface area contributed by atoms with E-state index in [2.05, 4.69) is 10.3 Å². The predicted octanol–water partition coefficient (Wildman–Crippen LogP) is 4.50. The number of carbonyl (C=O) groups excluding carboxylic acids is 3. The number of aldehydes is 1. The Morgan fingerprint density at radius 3 is 2.60 bits per heavy atom. The fourth-order valence-electron chi connectivity index (χ4n) is 4.95. The van der Waals surface area contributed by atoms with Crippen molar-refractivity contribution in [3.05, 3.63) is 70.9 Å². The summed E-state index contributed by atoms with van der Waals surface area (Å²) in [5.41, 5.74) is 1.36. The summed E-state index contributed by atoms with van der Waals surface area (Å²) >= 11 is 0. The number of carbonyl (C=O) groups is 4. The highest BCUT2D eigenvalue weighted by atomic mass is 16.4. The number of para-hydroxylation sites is 1. The molecule has 8 heteroatoms. The zero-order chi connectivity index (χ0) is 24.7. The number of anilines is 1. The van der Waals surface area contributed by atoms with Crippen molar-refractivity contribution in [2.45, 2.75) is 25.7 Å². The van der Waals surface area contributed by atoms with E-state index in [1.807, 2.05) is 6.07 Å². The van der Waals surface area contributed by atoms with Gasteiger partial charge in [-0.05, 0) is 43.2 Å². The van der Waals surface area contributed by atoms with Crippen LogP contribution in [0.5, 0.6) is 0 Å². The highest BCUT2D eigenvalue weighted by Crippen LogP contribution is 2.38. The lowest BCUT2D eigenvalue weighted by atomic mass is 9.79. The normalized spacial score (nSPS) is 19.5. The number of benzene rings is 2. The van der Waals surface area contributed by atoms with Gasteiger partial charge in [0, 0.05) is 28.3 Å². The second kappa shape index (κ2) is 8.79. The van der Waals surface area contributed by atoms with Gasteiger partial charge in [0.25, 0.3) is 0 Å². The van der Waals surface area contributed by atoms with E-state index < -0.39 is 17.7 Å². The summed E-state index contributed by atoms with van der Waals surface area (Å²) in [7, 11) is 0. The molecule has 0 bridgehead atoms. The summed E-state index contributed by atoms with van der Waals surface area (Å²) in [6, 6.07) is 12.6. The summed E-state index contributed by atoms with van der Waals surface area (Å²) in [6.45, 7) is 0. The maximum Gasteiger partial charge on any atom is 0.335 e. The molecule has 1 amide bonds. The van der Waals surface area contributed by atoms with Crippen LogP contribution in [0.1, 0.15) is 57.7 Å². The van der Waals surface area contributed by atoms with Gasteiger partial charge < -0.3 is 20.3 Å². The van der Waals surface area contributed by atoms with Crippen molar-refractivity contribution in [1.29, 1.82) is 0 Å². The van der Waals surface area contributed by atoms with Crippen LogP contribution in [0.3, 0.4) is 0 Å². The van der Waals surface area contributed by atoms with Gasteiger partial charge in [-0.2, -0.15) is 0 Å². The van der Waals surface area contributed by atoms with Gasteiger partial charge in [0.15, 0.2) is 5.78 Å². The van der Waals surface area contributed by atoms with Gasteiger partial charge in [-0.25, -0.2) is 9.78 Å². The number of carboxylic acids is 1.